The maximum Gasteiger partial charge on any atom is -0.0127 e. The van der Waals surface area contributed by atoms with Crippen LogP contribution in [-0.4, -0.2) is 0 Å². The van der Waals surface area contributed by atoms with Gasteiger partial charge in [0.25, 0.3) is 0 Å². The van der Waals surface area contributed by atoms with E-state index in [1.54, 1.807) is 0 Å². The Bertz CT molecular complexity index is 1110. The smallest absolute Gasteiger partial charge is 0.0127 e. The van der Waals surface area contributed by atoms with Crippen molar-refractivity contribution in [1.29, 1.82) is 0 Å². The molecule has 0 N–H and O–H groups in total. The van der Waals surface area contributed by atoms with Crippen LogP contribution in [0.15, 0.2) is 127 Å². The second kappa shape index (κ2) is 13.2. The minimum absolute atomic E-state index is 0.542. The van der Waals surface area contributed by atoms with Crippen LogP contribution in [-0.2, 0) is 0 Å². The van der Waals surface area contributed by atoms with Crippen molar-refractivity contribution < 1.29 is 0 Å². The zero-order chi connectivity index (χ0) is 24.3. The normalized spacial score (nSPS) is 13.2. The lowest BCUT2D eigenvalue weighted by molar-refractivity contribution is 0.549. The van der Waals surface area contributed by atoms with E-state index in [0.29, 0.717) is 11.8 Å². The number of allylic oxidation sites excluding steroid dienone is 2. The SMILES string of the molecule is CC/C=C/CC(CCC(C)c1ccc(P(c2ccccc2)c2ccccc2)cc1)c1ccccc1. The molecule has 0 radical (unpaired) electrons. The molecule has 1 heteroatoms. The summed E-state index contributed by atoms with van der Waals surface area (Å²) in [5, 5.41) is 4.22. The van der Waals surface area contributed by atoms with Gasteiger partial charge in [0.05, 0.1) is 0 Å². The summed E-state index contributed by atoms with van der Waals surface area (Å²) >= 11 is 0. The van der Waals surface area contributed by atoms with E-state index in [1.165, 1.54) is 39.9 Å². The van der Waals surface area contributed by atoms with Crippen molar-refractivity contribution in [3.63, 3.8) is 0 Å². The second-order valence-corrected chi connectivity index (χ2v) is 11.5. The summed E-state index contributed by atoms with van der Waals surface area (Å²) in [4.78, 5) is 0. The van der Waals surface area contributed by atoms with Crippen LogP contribution in [0, 0.1) is 0 Å². The number of hydrogen-bond donors (Lipinski definition) is 0. The van der Waals surface area contributed by atoms with Gasteiger partial charge in [-0.05, 0) is 72.5 Å². The molecule has 4 aromatic carbocycles. The van der Waals surface area contributed by atoms with Gasteiger partial charge in [0, 0.05) is 0 Å². The Labute approximate surface area is 213 Å². The molecule has 0 fully saturated rings. The molecule has 0 heterocycles. The number of benzene rings is 4. The summed E-state index contributed by atoms with van der Waals surface area (Å²) in [6.07, 6.45) is 9.32. The van der Waals surface area contributed by atoms with E-state index in [0.717, 1.165) is 12.8 Å². The molecule has 0 saturated carbocycles. The van der Waals surface area contributed by atoms with Gasteiger partial charge in [-0.25, -0.2) is 0 Å². The molecule has 0 aliphatic heterocycles. The summed E-state index contributed by atoms with van der Waals surface area (Å²) in [6.45, 7) is 4.59. The predicted octanol–water partition coefficient (Wildman–Crippen LogP) is 8.47. The van der Waals surface area contributed by atoms with E-state index in [9.17, 15) is 0 Å². The molecular formula is C34H37P. The minimum Gasteiger partial charge on any atom is -0.0888 e. The second-order valence-electron chi connectivity index (χ2n) is 9.30. The van der Waals surface area contributed by atoms with Gasteiger partial charge < -0.3 is 0 Å². The van der Waals surface area contributed by atoms with Gasteiger partial charge in [0.1, 0.15) is 0 Å². The first-order valence-electron chi connectivity index (χ1n) is 13.0. The number of rotatable bonds is 11. The highest BCUT2D eigenvalue weighted by molar-refractivity contribution is 7.79. The molecule has 0 nitrogen and oxygen atoms in total. The highest BCUT2D eigenvalue weighted by Crippen LogP contribution is 2.34. The van der Waals surface area contributed by atoms with Crippen LogP contribution in [0.1, 0.15) is 62.5 Å². The minimum atomic E-state index is -0.542. The zero-order valence-corrected chi connectivity index (χ0v) is 21.9. The van der Waals surface area contributed by atoms with Crippen LogP contribution in [0.2, 0.25) is 0 Å². The molecule has 0 spiro atoms. The molecule has 0 aromatic heterocycles. The monoisotopic (exact) mass is 476 g/mol. The maximum atomic E-state index is 2.39. The molecular weight excluding hydrogens is 439 g/mol. The summed E-state index contributed by atoms with van der Waals surface area (Å²) in [6, 6.07) is 42.4. The Morgan fingerprint density at radius 3 is 1.63 bits per heavy atom. The molecule has 0 bridgehead atoms. The van der Waals surface area contributed by atoms with Crippen LogP contribution < -0.4 is 15.9 Å². The standard InChI is InChI=1S/C34H37P/c1-3-4-8-15-31(30-16-9-5-10-17-30)23-22-28(2)29-24-26-34(27-25-29)35(32-18-11-6-12-19-32)33-20-13-7-14-21-33/h4-14,16-21,24-28,31H,3,15,22-23H2,1-2H3/b8-4+. The van der Waals surface area contributed by atoms with Gasteiger partial charge in [-0.1, -0.05) is 141 Å². The quantitative estimate of drug-likeness (QED) is 0.150. The lowest BCUT2D eigenvalue weighted by Gasteiger charge is -2.21. The Balaban J connectivity index is 1.48. The fourth-order valence-electron chi connectivity index (χ4n) is 4.74. The van der Waals surface area contributed by atoms with Gasteiger partial charge in [0.2, 0.25) is 0 Å². The van der Waals surface area contributed by atoms with Crippen LogP contribution in [0.25, 0.3) is 0 Å². The van der Waals surface area contributed by atoms with E-state index in [4.69, 9.17) is 0 Å². The Kier molecular flexibility index (Phi) is 9.50. The third-order valence-corrected chi connectivity index (χ3v) is 9.23. The van der Waals surface area contributed by atoms with Gasteiger partial charge in [-0.3, -0.25) is 0 Å². The lowest BCUT2D eigenvalue weighted by Crippen LogP contribution is -2.20. The third-order valence-electron chi connectivity index (χ3n) is 6.79. The van der Waals surface area contributed by atoms with Crippen LogP contribution in [0.3, 0.4) is 0 Å². The first-order valence-corrected chi connectivity index (χ1v) is 14.3. The van der Waals surface area contributed by atoms with E-state index >= 15 is 0 Å². The topological polar surface area (TPSA) is 0 Å². The Morgan fingerprint density at radius 1 is 0.571 bits per heavy atom. The van der Waals surface area contributed by atoms with E-state index < -0.39 is 7.92 Å². The van der Waals surface area contributed by atoms with Crippen molar-refractivity contribution in [3.8, 4) is 0 Å². The largest absolute Gasteiger partial charge is 0.0888 e. The Morgan fingerprint density at radius 2 is 1.09 bits per heavy atom. The predicted molar refractivity (Wildman–Crippen MR) is 156 cm³/mol. The van der Waals surface area contributed by atoms with Crippen LogP contribution >= 0.6 is 7.92 Å². The summed E-state index contributed by atoms with van der Waals surface area (Å²) < 4.78 is 0. The molecule has 4 aromatic rings. The molecule has 35 heavy (non-hydrogen) atoms. The van der Waals surface area contributed by atoms with Crippen molar-refractivity contribution in [1.82, 2.24) is 0 Å². The van der Waals surface area contributed by atoms with Gasteiger partial charge in [-0.15, -0.1) is 0 Å². The Hall–Kier alpha value is -2.95. The summed E-state index contributed by atoms with van der Waals surface area (Å²) in [5.41, 5.74) is 2.91. The fourth-order valence-corrected chi connectivity index (χ4v) is 7.03. The molecule has 0 amide bonds. The zero-order valence-electron chi connectivity index (χ0n) is 21.1. The van der Waals surface area contributed by atoms with Crippen molar-refractivity contribution in [2.45, 2.75) is 51.4 Å². The van der Waals surface area contributed by atoms with Gasteiger partial charge in [0.15, 0.2) is 0 Å². The summed E-state index contributed by atoms with van der Waals surface area (Å²) in [7, 11) is -0.542. The van der Waals surface area contributed by atoms with E-state index in [1.807, 2.05) is 0 Å². The first-order chi connectivity index (χ1) is 17.3. The van der Waals surface area contributed by atoms with Crippen LogP contribution in [0.4, 0.5) is 0 Å². The third kappa shape index (κ3) is 7.03. The van der Waals surface area contributed by atoms with E-state index in [-0.39, 0.29) is 0 Å². The number of hydrogen-bond acceptors (Lipinski definition) is 0. The van der Waals surface area contributed by atoms with Crippen molar-refractivity contribution in [2.24, 2.45) is 0 Å². The molecule has 4 rings (SSSR count). The lowest BCUT2D eigenvalue weighted by atomic mass is 9.86. The molecule has 2 atom stereocenters. The van der Waals surface area contributed by atoms with Gasteiger partial charge in [-0.2, -0.15) is 0 Å². The molecule has 2 unspecified atom stereocenters. The van der Waals surface area contributed by atoms with Crippen molar-refractivity contribution in [3.05, 3.63) is 139 Å². The summed E-state index contributed by atoms with van der Waals surface area (Å²) in [5.74, 6) is 1.13. The van der Waals surface area contributed by atoms with Crippen molar-refractivity contribution >= 4 is 23.8 Å². The molecule has 178 valence electrons. The average Bonchev–Trinajstić information content (AvgIpc) is 2.93. The highest BCUT2D eigenvalue weighted by atomic mass is 31.1. The molecule has 0 aliphatic carbocycles. The highest BCUT2D eigenvalue weighted by Gasteiger charge is 2.17. The fraction of sp³-hybridized carbons (Fsp3) is 0.235. The van der Waals surface area contributed by atoms with E-state index in [2.05, 4.69) is 141 Å². The molecule has 0 saturated heterocycles. The van der Waals surface area contributed by atoms with Gasteiger partial charge >= 0.3 is 0 Å². The average molecular weight is 477 g/mol. The van der Waals surface area contributed by atoms with Crippen molar-refractivity contribution in [2.75, 3.05) is 0 Å². The maximum absolute atomic E-state index is 2.39. The van der Waals surface area contributed by atoms with Crippen LogP contribution in [0.5, 0.6) is 0 Å². The molecule has 0 aliphatic rings. The first kappa shape index (κ1) is 25.2.